The average molecular weight is 846 g/mol. The molecule has 6 aromatic carbocycles. The molecule has 0 spiro atoms. The minimum Gasteiger partial charge on any atom is -0.311 e. The van der Waals surface area contributed by atoms with Crippen LogP contribution in [0.4, 0.5) is 34.1 Å². The third-order valence-corrected chi connectivity index (χ3v) is 16.0. The zero-order chi connectivity index (χ0) is 45.6. The summed E-state index contributed by atoms with van der Waals surface area (Å²) in [6, 6.07) is 42.7. The maximum atomic E-state index is 9.85. The zero-order valence-corrected chi connectivity index (χ0v) is 41.0. The zero-order valence-electron chi connectivity index (χ0n) is 41.2. The van der Waals surface area contributed by atoms with Crippen LogP contribution in [0.2, 0.25) is 0 Å². The summed E-state index contributed by atoms with van der Waals surface area (Å²) < 4.78 is 12.5. The molecule has 320 valence electrons. The summed E-state index contributed by atoms with van der Waals surface area (Å²) in [6.45, 7) is 32.8. The van der Waals surface area contributed by atoms with Gasteiger partial charge in [0.1, 0.15) is 0 Å². The first-order valence-electron chi connectivity index (χ1n) is 23.8. The minimum absolute atomic E-state index is 0.00165. The summed E-state index contributed by atoms with van der Waals surface area (Å²) in [7, 11) is 0. The summed E-state index contributed by atoms with van der Waals surface area (Å²) in [4.78, 5) is 5.13. The highest BCUT2D eigenvalue weighted by Gasteiger charge is 2.48. The van der Waals surface area contributed by atoms with Gasteiger partial charge < -0.3 is 9.80 Å². The number of hydrogen-bond donors (Lipinski definition) is 0. The van der Waals surface area contributed by atoms with E-state index in [-0.39, 0.29) is 33.8 Å². The van der Waals surface area contributed by atoms with Gasteiger partial charge in [-0.1, -0.05) is 151 Å². The molecular weight excluding hydrogens is 780 g/mol. The van der Waals surface area contributed by atoms with Gasteiger partial charge in [-0.3, -0.25) is 0 Å². The molecule has 3 heterocycles. The van der Waals surface area contributed by atoms with Crippen LogP contribution in [0.3, 0.4) is 0 Å². The molecule has 0 amide bonds. The monoisotopic (exact) mass is 846 g/mol. The van der Waals surface area contributed by atoms with Crippen LogP contribution in [0.5, 0.6) is 0 Å². The van der Waals surface area contributed by atoms with E-state index in [0.717, 1.165) is 18.5 Å². The predicted molar refractivity (Wildman–Crippen MR) is 277 cm³/mol. The molecule has 1 aromatic heterocycles. The Morgan fingerprint density at radius 2 is 1.17 bits per heavy atom. The smallest absolute Gasteiger partial charge is 0.264 e. The van der Waals surface area contributed by atoms with E-state index < -0.39 is 0 Å². The molecule has 1 aliphatic carbocycles. The maximum Gasteiger partial charge on any atom is 0.264 e. The number of fused-ring (bicyclic) bond motifs is 7. The first kappa shape index (κ1) is 40.7. The van der Waals surface area contributed by atoms with Crippen molar-refractivity contribution in [3.8, 4) is 11.1 Å². The highest BCUT2D eigenvalue weighted by Crippen LogP contribution is 2.53. The molecule has 0 unspecified atom stereocenters. The van der Waals surface area contributed by atoms with Gasteiger partial charge in [0.2, 0.25) is 0 Å². The van der Waals surface area contributed by atoms with Gasteiger partial charge in [-0.15, -0.1) is 11.3 Å². The van der Waals surface area contributed by atoms with E-state index in [4.69, 9.17) is 0 Å². The summed E-state index contributed by atoms with van der Waals surface area (Å²) in [5.74, 6) is 0. The fourth-order valence-corrected chi connectivity index (χ4v) is 12.0. The first-order chi connectivity index (χ1) is 29.9. The largest absolute Gasteiger partial charge is 0.311 e. The molecule has 0 N–H and O–H groups in total. The lowest BCUT2D eigenvalue weighted by Crippen LogP contribution is -2.61. The van der Waals surface area contributed by atoms with Crippen molar-refractivity contribution < 1.29 is 1.37 Å². The van der Waals surface area contributed by atoms with E-state index in [1.165, 1.54) is 98.7 Å². The normalized spacial score (nSPS) is 16.7. The molecule has 0 fully saturated rings. The number of thiophene rings is 1. The molecule has 10 rings (SSSR count). The van der Waals surface area contributed by atoms with Crippen LogP contribution < -0.4 is 25.5 Å². The lowest BCUT2D eigenvalue weighted by atomic mass is 9.35. The van der Waals surface area contributed by atoms with Gasteiger partial charge in [0, 0.05) is 43.2 Å². The van der Waals surface area contributed by atoms with Gasteiger partial charge in [0.25, 0.3) is 6.71 Å². The highest BCUT2D eigenvalue weighted by molar-refractivity contribution is 7.33. The predicted octanol–water partition coefficient (Wildman–Crippen LogP) is 15.2. The lowest BCUT2D eigenvalue weighted by Gasteiger charge is -2.47. The number of anilines is 6. The number of nitrogens with zero attached hydrogens (tertiary/aromatic N) is 2. The van der Waals surface area contributed by atoms with Gasteiger partial charge in [0.05, 0.1) is 12.7 Å². The molecular formula is C59H65BN2S. The second kappa shape index (κ2) is 14.0. The summed E-state index contributed by atoms with van der Waals surface area (Å²) in [5.41, 5.74) is 20.1. The minimum atomic E-state index is -0.0731. The highest BCUT2D eigenvalue weighted by atomic mass is 32.1. The van der Waals surface area contributed by atoms with Crippen LogP contribution in [0.25, 0.3) is 21.2 Å². The van der Waals surface area contributed by atoms with Crippen LogP contribution in [0.1, 0.15) is 138 Å². The lowest BCUT2D eigenvalue weighted by molar-refractivity contribution is 0.332. The summed E-state index contributed by atoms with van der Waals surface area (Å²) >= 11 is 1.95. The molecule has 0 bridgehead atoms. The van der Waals surface area contributed by atoms with Crippen LogP contribution in [-0.2, 0) is 27.1 Å². The van der Waals surface area contributed by atoms with Gasteiger partial charge in [-0.05, 0) is 151 Å². The molecule has 0 saturated heterocycles. The number of aryl methyl sites for hydroxylation is 1. The van der Waals surface area contributed by atoms with E-state index in [0.29, 0.717) is 6.04 Å². The first-order valence-corrected chi connectivity index (χ1v) is 24.1. The third kappa shape index (κ3) is 6.72. The van der Waals surface area contributed by atoms with E-state index in [2.05, 4.69) is 216 Å². The molecule has 63 heavy (non-hydrogen) atoms. The molecule has 0 atom stereocenters. The molecule has 0 radical (unpaired) electrons. The maximum absolute atomic E-state index is 9.85. The number of benzene rings is 6. The Kier molecular flexibility index (Phi) is 9.03. The van der Waals surface area contributed by atoms with Gasteiger partial charge in [-0.2, -0.15) is 0 Å². The Labute approximate surface area is 383 Å². The van der Waals surface area contributed by atoms with E-state index in [1.807, 2.05) is 11.3 Å². The molecule has 3 aliphatic rings. The van der Waals surface area contributed by atoms with Crippen molar-refractivity contribution in [3.63, 3.8) is 0 Å². The Balaban J connectivity index is 1.36. The van der Waals surface area contributed by atoms with E-state index in [9.17, 15) is 1.37 Å². The van der Waals surface area contributed by atoms with Gasteiger partial charge in [-0.25, -0.2) is 0 Å². The van der Waals surface area contributed by atoms with Crippen LogP contribution >= 0.6 is 11.3 Å². The summed E-state index contributed by atoms with van der Waals surface area (Å²) in [5, 5.41) is 1.27. The Hall–Kier alpha value is -5.06. The molecule has 0 saturated carbocycles. The van der Waals surface area contributed by atoms with E-state index in [1.54, 1.807) is 0 Å². The molecule has 4 heteroatoms. The topological polar surface area (TPSA) is 6.48 Å². The fourth-order valence-electron chi connectivity index (χ4n) is 10.7. The SMILES string of the molecule is [2H]c1cc(C(C)(C)C)ccc1N1c2cc(C)cc3c2B(c2cc4c(cc2N3c2ccc(C(C)(C)C)cc2-c2ccccc2)C(C)(C)CCC4(C)C)c2sc3ccc(C(C)(C)C)cc3c21. The molecule has 7 aromatic rings. The van der Waals surface area contributed by atoms with E-state index >= 15 is 0 Å². The Bertz CT molecular complexity index is 3040. The number of hydrogen-bond acceptors (Lipinski definition) is 3. The number of rotatable bonds is 3. The standard InChI is InChI=1S/C59H65BN2S/c1-36-30-49-52-50(31-36)62(47-26-22-39(56(5,6)7)32-42(47)37-18-16-15-17-19-37)48-35-45-44(58(11,12)28-29-59(45,13)14)34-46(48)60(52)54-53(43-33-40(57(8,9)10)23-27-51(43)63-54)61(49)41-24-20-38(21-25-41)55(2,3)4/h15-27,30-35H,28-29H2,1-14H3/i24D. The van der Waals surface area contributed by atoms with Crippen molar-refractivity contribution in [2.45, 2.75) is 137 Å². The van der Waals surface area contributed by atoms with Crippen LogP contribution in [0, 0.1) is 6.92 Å². The van der Waals surface area contributed by atoms with Crippen molar-refractivity contribution in [1.29, 1.82) is 0 Å². The van der Waals surface area contributed by atoms with Crippen molar-refractivity contribution in [2.24, 2.45) is 0 Å². The molecule has 2 nitrogen and oxygen atoms in total. The van der Waals surface area contributed by atoms with Crippen molar-refractivity contribution in [2.75, 3.05) is 9.80 Å². The Morgan fingerprint density at radius 3 is 1.81 bits per heavy atom. The third-order valence-electron chi connectivity index (χ3n) is 14.7. The van der Waals surface area contributed by atoms with Crippen molar-refractivity contribution in [3.05, 3.63) is 149 Å². The van der Waals surface area contributed by atoms with Gasteiger partial charge in [0.15, 0.2) is 0 Å². The van der Waals surface area contributed by atoms with Crippen LogP contribution in [-0.4, -0.2) is 6.71 Å². The Morgan fingerprint density at radius 1 is 0.587 bits per heavy atom. The average Bonchev–Trinajstić information content (AvgIpc) is 3.60. The second-order valence-corrected chi connectivity index (χ2v) is 24.5. The van der Waals surface area contributed by atoms with Crippen molar-refractivity contribution >= 4 is 78.0 Å². The quantitative estimate of drug-likeness (QED) is 0.164. The fraction of sp³-hybridized carbons (Fsp3) is 0.356. The van der Waals surface area contributed by atoms with Gasteiger partial charge >= 0.3 is 0 Å². The molecule has 2 aliphatic heterocycles. The van der Waals surface area contributed by atoms with Crippen molar-refractivity contribution in [1.82, 2.24) is 0 Å². The second-order valence-electron chi connectivity index (χ2n) is 23.4. The van der Waals surface area contributed by atoms with Crippen LogP contribution in [0.15, 0.2) is 115 Å². The summed E-state index contributed by atoms with van der Waals surface area (Å²) in [6.07, 6.45) is 2.31.